The standard InChI is InChI=1S/C26H29FN6O3/c1-15-22(34)23(35)26(36-15)33-25-20(24(28-14-29-25)30-19-10-8-18(27)9-11-19)21(31-33)17-6-4-16(5-7-17)12-13-32(2)3/h4-11,14-15,22-23,26,34-35H,12-13H2,1-3H3,(H,28,29,30)/t15-,22-,23-,26-/m1/s1. The minimum Gasteiger partial charge on any atom is -0.388 e. The third-order valence-electron chi connectivity index (χ3n) is 6.39. The third kappa shape index (κ3) is 4.68. The van der Waals surface area contributed by atoms with E-state index in [1.807, 2.05) is 26.2 Å². The van der Waals surface area contributed by atoms with Gasteiger partial charge in [-0.05, 0) is 57.3 Å². The van der Waals surface area contributed by atoms with Crippen LogP contribution in [0.15, 0.2) is 54.9 Å². The lowest BCUT2D eigenvalue weighted by Crippen LogP contribution is -2.30. The molecular weight excluding hydrogens is 463 g/mol. The van der Waals surface area contributed by atoms with Gasteiger partial charge in [-0.25, -0.2) is 19.0 Å². The minimum atomic E-state index is -1.17. The van der Waals surface area contributed by atoms with Crippen molar-refractivity contribution >= 4 is 22.5 Å². The van der Waals surface area contributed by atoms with E-state index in [9.17, 15) is 14.6 Å². The van der Waals surface area contributed by atoms with Crippen LogP contribution in [0.25, 0.3) is 22.3 Å². The van der Waals surface area contributed by atoms with E-state index in [2.05, 4.69) is 32.3 Å². The van der Waals surface area contributed by atoms with E-state index in [1.165, 1.54) is 28.7 Å². The number of fused-ring (bicyclic) bond motifs is 1. The van der Waals surface area contributed by atoms with Crippen molar-refractivity contribution in [2.45, 2.75) is 37.9 Å². The number of rotatable bonds is 7. The highest BCUT2D eigenvalue weighted by atomic mass is 19.1. The Morgan fingerprint density at radius 2 is 1.75 bits per heavy atom. The molecule has 188 valence electrons. The maximum Gasteiger partial charge on any atom is 0.181 e. The van der Waals surface area contributed by atoms with Gasteiger partial charge < -0.3 is 25.2 Å². The van der Waals surface area contributed by atoms with Crippen molar-refractivity contribution in [2.24, 2.45) is 0 Å². The Hall–Kier alpha value is -3.44. The summed E-state index contributed by atoms with van der Waals surface area (Å²) in [4.78, 5) is 11.0. The third-order valence-corrected chi connectivity index (χ3v) is 6.39. The predicted molar refractivity (Wildman–Crippen MR) is 134 cm³/mol. The molecule has 0 bridgehead atoms. The summed E-state index contributed by atoms with van der Waals surface area (Å²) in [6, 6.07) is 14.1. The van der Waals surface area contributed by atoms with Crippen LogP contribution in [0.3, 0.4) is 0 Å². The van der Waals surface area contributed by atoms with Crippen molar-refractivity contribution in [3.63, 3.8) is 0 Å². The van der Waals surface area contributed by atoms with Gasteiger partial charge in [0, 0.05) is 17.8 Å². The van der Waals surface area contributed by atoms with Crippen molar-refractivity contribution in [3.8, 4) is 11.3 Å². The summed E-state index contributed by atoms with van der Waals surface area (Å²) in [7, 11) is 4.08. The van der Waals surface area contributed by atoms with Gasteiger partial charge in [0.25, 0.3) is 0 Å². The number of anilines is 2. The number of likely N-dealkylation sites (N-methyl/N-ethyl adjacent to an activating group) is 1. The monoisotopic (exact) mass is 492 g/mol. The van der Waals surface area contributed by atoms with Crippen LogP contribution in [-0.2, 0) is 11.2 Å². The molecule has 1 aliphatic heterocycles. The zero-order valence-electron chi connectivity index (χ0n) is 20.3. The summed E-state index contributed by atoms with van der Waals surface area (Å²) in [6.07, 6.45) is -1.40. The molecule has 3 N–H and O–H groups in total. The van der Waals surface area contributed by atoms with Gasteiger partial charge in [0.05, 0.1) is 11.5 Å². The van der Waals surface area contributed by atoms with Gasteiger partial charge in [0.1, 0.15) is 35.9 Å². The van der Waals surface area contributed by atoms with Crippen LogP contribution in [0, 0.1) is 5.82 Å². The van der Waals surface area contributed by atoms with Crippen molar-refractivity contribution in [1.29, 1.82) is 0 Å². The molecule has 1 aliphatic rings. The van der Waals surface area contributed by atoms with E-state index in [1.54, 1.807) is 19.1 Å². The molecule has 0 spiro atoms. The Labute approximate surface area is 208 Å². The molecule has 4 aromatic rings. The van der Waals surface area contributed by atoms with Crippen LogP contribution in [0.5, 0.6) is 0 Å². The molecule has 0 amide bonds. The van der Waals surface area contributed by atoms with Crippen LogP contribution in [0.1, 0.15) is 18.7 Å². The number of nitrogens with zero attached hydrogens (tertiary/aromatic N) is 5. The summed E-state index contributed by atoms with van der Waals surface area (Å²) in [5.74, 6) is 0.141. The van der Waals surface area contributed by atoms with E-state index < -0.39 is 24.5 Å². The highest BCUT2D eigenvalue weighted by Crippen LogP contribution is 2.37. The van der Waals surface area contributed by atoms with Crippen LogP contribution in [0.4, 0.5) is 15.9 Å². The molecule has 0 saturated carbocycles. The van der Waals surface area contributed by atoms with Gasteiger partial charge in [-0.3, -0.25) is 0 Å². The van der Waals surface area contributed by atoms with E-state index >= 15 is 0 Å². The maximum atomic E-state index is 13.4. The molecule has 10 heteroatoms. The summed E-state index contributed by atoms with van der Waals surface area (Å²) >= 11 is 0. The molecule has 4 atom stereocenters. The molecule has 2 aromatic carbocycles. The minimum absolute atomic E-state index is 0.337. The lowest BCUT2D eigenvalue weighted by Gasteiger charge is -2.15. The van der Waals surface area contributed by atoms with E-state index in [0.717, 1.165) is 18.5 Å². The van der Waals surface area contributed by atoms with Crippen molar-refractivity contribution < 1.29 is 19.3 Å². The van der Waals surface area contributed by atoms with Crippen LogP contribution in [0.2, 0.25) is 0 Å². The van der Waals surface area contributed by atoms with Crippen LogP contribution >= 0.6 is 0 Å². The molecule has 0 unspecified atom stereocenters. The first-order valence-corrected chi connectivity index (χ1v) is 11.8. The Morgan fingerprint density at radius 1 is 1.03 bits per heavy atom. The second kappa shape index (κ2) is 9.90. The Morgan fingerprint density at radius 3 is 2.39 bits per heavy atom. The molecule has 0 radical (unpaired) electrons. The van der Waals surface area contributed by atoms with E-state index in [-0.39, 0.29) is 5.82 Å². The lowest BCUT2D eigenvalue weighted by molar-refractivity contribution is -0.0370. The lowest BCUT2D eigenvalue weighted by atomic mass is 10.1. The van der Waals surface area contributed by atoms with Crippen molar-refractivity contribution in [2.75, 3.05) is 26.0 Å². The van der Waals surface area contributed by atoms with Gasteiger partial charge in [0.15, 0.2) is 11.9 Å². The zero-order chi connectivity index (χ0) is 25.4. The van der Waals surface area contributed by atoms with Gasteiger partial charge >= 0.3 is 0 Å². The summed E-state index contributed by atoms with van der Waals surface area (Å²) in [5, 5.41) is 29.6. The number of nitrogens with one attached hydrogen (secondary N) is 1. The summed E-state index contributed by atoms with van der Waals surface area (Å²) in [6.45, 7) is 2.64. The molecule has 1 fully saturated rings. The average molecular weight is 493 g/mol. The summed E-state index contributed by atoms with van der Waals surface area (Å²) in [5.41, 5.74) is 3.72. The highest BCUT2D eigenvalue weighted by molar-refractivity contribution is 6.00. The highest BCUT2D eigenvalue weighted by Gasteiger charge is 2.43. The molecule has 1 saturated heterocycles. The number of hydrogen-bond donors (Lipinski definition) is 3. The number of aromatic nitrogens is 4. The Kier molecular flexibility index (Phi) is 6.67. The first-order valence-electron chi connectivity index (χ1n) is 11.8. The topological polar surface area (TPSA) is 109 Å². The molecule has 0 aliphatic carbocycles. The SMILES string of the molecule is C[C@H]1O[C@@H](n2nc(-c3ccc(CCN(C)C)cc3)c3c(Nc4ccc(F)cc4)ncnc32)[C@H](O)[C@@H]1O. The fourth-order valence-electron chi connectivity index (χ4n) is 4.33. The first-order chi connectivity index (χ1) is 17.3. The molecular formula is C26H29FN6O3. The quantitative estimate of drug-likeness (QED) is 0.361. The van der Waals surface area contributed by atoms with Gasteiger partial charge in [-0.15, -0.1) is 0 Å². The van der Waals surface area contributed by atoms with E-state index in [4.69, 9.17) is 9.84 Å². The normalized spacial score (nSPS) is 22.0. The largest absolute Gasteiger partial charge is 0.388 e. The van der Waals surface area contributed by atoms with Crippen LogP contribution in [-0.4, -0.2) is 73.8 Å². The smallest absolute Gasteiger partial charge is 0.181 e. The molecule has 2 aromatic heterocycles. The van der Waals surface area contributed by atoms with Crippen LogP contribution < -0.4 is 5.32 Å². The number of benzene rings is 2. The number of halogens is 1. The van der Waals surface area contributed by atoms with Gasteiger partial charge in [-0.1, -0.05) is 24.3 Å². The number of aliphatic hydroxyl groups is 2. The molecule has 5 rings (SSSR count). The molecule has 9 nitrogen and oxygen atoms in total. The zero-order valence-corrected chi connectivity index (χ0v) is 20.3. The number of aliphatic hydroxyl groups excluding tert-OH is 2. The maximum absolute atomic E-state index is 13.4. The first kappa shape index (κ1) is 24.3. The number of ether oxygens (including phenoxy) is 1. The van der Waals surface area contributed by atoms with Gasteiger partial charge in [0.2, 0.25) is 0 Å². The van der Waals surface area contributed by atoms with Crippen molar-refractivity contribution in [3.05, 3.63) is 66.2 Å². The molecule has 3 heterocycles. The Bertz CT molecular complexity index is 1340. The fraction of sp³-hybridized carbons (Fsp3) is 0.346. The average Bonchev–Trinajstić information content (AvgIpc) is 3.38. The van der Waals surface area contributed by atoms with Crippen molar-refractivity contribution in [1.82, 2.24) is 24.6 Å². The Balaban J connectivity index is 1.61. The van der Waals surface area contributed by atoms with Gasteiger partial charge in [-0.2, -0.15) is 5.10 Å². The van der Waals surface area contributed by atoms with E-state index in [0.29, 0.717) is 28.2 Å². The molecule has 36 heavy (non-hydrogen) atoms. The second-order valence-electron chi connectivity index (χ2n) is 9.31. The summed E-state index contributed by atoms with van der Waals surface area (Å²) < 4.78 is 20.8. The predicted octanol–water partition coefficient (Wildman–Crippen LogP) is 3.12. The second-order valence-corrected chi connectivity index (χ2v) is 9.31. The number of hydrogen-bond acceptors (Lipinski definition) is 8. The fourth-order valence-corrected chi connectivity index (χ4v) is 4.33.